The minimum absolute atomic E-state index is 0.556. The Hall–Kier alpha value is -6.98. The first kappa shape index (κ1) is 29.0. The number of benzene rings is 7. The van der Waals surface area contributed by atoms with Crippen molar-refractivity contribution in [1.29, 1.82) is 0 Å². The van der Waals surface area contributed by atoms with Crippen LogP contribution in [0.15, 0.2) is 174 Å². The Morgan fingerprint density at radius 3 is 1.71 bits per heavy atom. The van der Waals surface area contributed by atoms with Gasteiger partial charge in [-0.3, -0.25) is 0 Å². The molecule has 5 nitrogen and oxygen atoms in total. The minimum atomic E-state index is 0.556. The summed E-state index contributed by atoms with van der Waals surface area (Å²) in [6.45, 7) is 0. The van der Waals surface area contributed by atoms with E-state index in [4.69, 9.17) is 24.4 Å². The van der Waals surface area contributed by atoms with Crippen LogP contribution in [0.3, 0.4) is 0 Å². The molecule has 3 heterocycles. The molecule has 51 heavy (non-hydrogen) atoms. The number of fused-ring (bicyclic) bond motifs is 5. The Kier molecular flexibility index (Phi) is 6.74. The lowest BCUT2D eigenvalue weighted by atomic mass is 9.97. The van der Waals surface area contributed by atoms with E-state index >= 15 is 0 Å². The molecule has 0 aliphatic carbocycles. The number of nitrogens with zero attached hydrogens (tertiary/aromatic N) is 4. The lowest BCUT2D eigenvalue weighted by Crippen LogP contribution is -2.00. The van der Waals surface area contributed by atoms with E-state index in [-0.39, 0.29) is 0 Å². The normalized spacial score (nSPS) is 11.5. The second kappa shape index (κ2) is 11.9. The van der Waals surface area contributed by atoms with Gasteiger partial charge in [0.05, 0.1) is 10.9 Å². The van der Waals surface area contributed by atoms with Crippen molar-refractivity contribution in [1.82, 2.24) is 19.9 Å². The maximum absolute atomic E-state index is 6.77. The maximum atomic E-state index is 6.77. The smallest absolute Gasteiger partial charge is 0.164 e. The average Bonchev–Trinajstić information content (AvgIpc) is 3.58. The SMILES string of the molecule is c1ccc(-c2ccc(-c3ccc(-c4nc(-c5ccccc5)nc(-c5ccc6ccccc6c5)n4)c4c3oc3cc5ccccc5nc34)cc2)cc1. The Morgan fingerprint density at radius 1 is 0.353 bits per heavy atom. The Bertz CT molecular complexity index is 2900. The predicted molar refractivity (Wildman–Crippen MR) is 207 cm³/mol. The molecule has 0 radical (unpaired) electrons. The predicted octanol–water partition coefficient (Wildman–Crippen LogP) is 11.8. The summed E-state index contributed by atoms with van der Waals surface area (Å²) < 4.78 is 6.77. The molecule has 0 amide bonds. The zero-order valence-electron chi connectivity index (χ0n) is 27.4. The van der Waals surface area contributed by atoms with E-state index in [9.17, 15) is 0 Å². The first-order valence-corrected chi connectivity index (χ1v) is 17.0. The van der Waals surface area contributed by atoms with E-state index in [1.165, 1.54) is 5.56 Å². The van der Waals surface area contributed by atoms with Crippen LogP contribution in [0, 0.1) is 0 Å². The average molecular weight is 653 g/mol. The molecule has 0 fully saturated rings. The molecule has 7 aromatic carbocycles. The van der Waals surface area contributed by atoms with Gasteiger partial charge in [-0.25, -0.2) is 19.9 Å². The third-order valence-corrected chi connectivity index (χ3v) is 9.51. The summed E-state index contributed by atoms with van der Waals surface area (Å²) in [5.41, 5.74) is 10.1. The van der Waals surface area contributed by atoms with E-state index in [0.29, 0.717) is 23.1 Å². The third kappa shape index (κ3) is 5.11. The van der Waals surface area contributed by atoms with Gasteiger partial charge in [-0.05, 0) is 57.8 Å². The number of rotatable bonds is 5. The molecule has 0 unspecified atom stereocenters. The Morgan fingerprint density at radius 2 is 0.922 bits per heavy atom. The first-order valence-electron chi connectivity index (χ1n) is 17.0. The summed E-state index contributed by atoms with van der Waals surface area (Å²) in [5, 5.41) is 4.18. The fourth-order valence-electron chi connectivity index (χ4n) is 6.94. The highest BCUT2D eigenvalue weighted by molar-refractivity contribution is 6.16. The van der Waals surface area contributed by atoms with Gasteiger partial charge in [0.1, 0.15) is 11.1 Å². The van der Waals surface area contributed by atoms with E-state index in [2.05, 4.69) is 115 Å². The van der Waals surface area contributed by atoms with Gasteiger partial charge < -0.3 is 4.42 Å². The highest BCUT2D eigenvalue weighted by Gasteiger charge is 2.22. The molecule has 0 saturated carbocycles. The van der Waals surface area contributed by atoms with Gasteiger partial charge in [-0.1, -0.05) is 140 Å². The fraction of sp³-hybridized carbons (Fsp3) is 0. The summed E-state index contributed by atoms with van der Waals surface area (Å²) in [7, 11) is 0. The number of hydrogen-bond donors (Lipinski definition) is 0. The van der Waals surface area contributed by atoms with Crippen LogP contribution in [-0.2, 0) is 0 Å². The molecule has 0 aliphatic rings. The van der Waals surface area contributed by atoms with Crippen LogP contribution in [0.25, 0.3) is 100 Å². The lowest BCUT2D eigenvalue weighted by molar-refractivity contribution is 0.670. The Labute approximate surface area is 293 Å². The van der Waals surface area contributed by atoms with Gasteiger partial charge >= 0.3 is 0 Å². The van der Waals surface area contributed by atoms with Crippen molar-refractivity contribution in [3.63, 3.8) is 0 Å². The van der Waals surface area contributed by atoms with E-state index in [0.717, 1.165) is 71.5 Å². The molecule has 0 bridgehead atoms. The molecule has 238 valence electrons. The summed E-state index contributed by atoms with van der Waals surface area (Å²) in [6.07, 6.45) is 0. The van der Waals surface area contributed by atoms with Crippen LogP contribution in [0.2, 0.25) is 0 Å². The van der Waals surface area contributed by atoms with Crippen molar-refractivity contribution in [3.8, 4) is 56.4 Å². The largest absolute Gasteiger partial charge is 0.454 e. The highest BCUT2D eigenvalue weighted by Crippen LogP contribution is 2.42. The molecule has 0 atom stereocenters. The molecule has 0 N–H and O–H groups in total. The molecule has 10 aromatic rings. The van der Waals surface area contributed by atoms with Gasteiger partial charge in [0.2, 0.25) is 0 Å². The van der Waals surface area contributed by atoms with Gasteiger partial charge in [-0.2, -0.15) is 0 Å². The number of hydrogen-bond acceptors (Lipinski definition) is 5. The van der Waals surface area contributed by atoms with Crippen molar-refractivity contribution in [2.45, 2.75) is 0 Å². The van der Waals surface area contributed by atoms with Crippen LogP contribution in [0.4, 0.5) is 0 Å². The van der Waals surface area contributed by atoms with Crippen molar-refractivity contribution >= 4 is 43.7 Å². The second-order valence-electron chi connectivity index (χ2n) is 12.7. The van der Waals surface area contributed by atoms with Gasteiger partial charge in [0, 0.05) is 27.6 Å². The van der Waals surface area contributed by atoms with Gasteiger partial charge in [-0.15, -0.1) is 0 Å². The molecule has 0 aliphatic heterocycles. The first-order chi connectivity index (χ1) is 25.2. The summed E-state index contributed by atoms with van der Waals surface area (Å²) in [5.74, 6) is 1.76. The third-order valence-electron chi connectivity index (χ3n) is 9.51. The number of aromatic nitrogens is 4. The van der Waals surface area contributed by atoms with Crippen LogP contribution in [-0.4, -0.2) is 19.9 Å². The lowest BCUT2D eigenvalue weighted by Gasteiger charge is -2.11. The second-order valence-corrected chi connectivity index (χ2v) is 12.7. The van der Waals surface area contributed by atoms with E-state index < -0.39 is 0 Å². The fourth-order valence-corrected chi connectivity index (χ4v) is 6.94. The molecule has 3 aromatic heterocycles. The quantitative estimate of drug-likeness (QED) is 0.185. The van der Waals surface area contributed by atoms with Crippen LogP contribution in [0.5, 0.6) is 0 Å². The van der Waals surface area contributed by atoms with Gasteiger partial charge in [0.25, 0.3) is 0 Å². The number of furan rings is 1. The van der Waals surface area contributed by atoms with Crippen LogP contribution in [0.1, 0.15) is 0 Å². The minimum Gasteiger partial charge on any atom is -0.454 e. The molecular formula is C46H28N4O. The molecule has 5 heteroatoms. The van der Waals surface area contributed by atoms with Crippen LogP contribution >= 0.6 is 0 Å². The Balaban J connectivity index is 1.22. The van der Waals surface area contributed by atoms with E-state index in [1.807, 2.05) is 54.6 Å². The molecule has 0 spiro atoms. The van der Waals surface area contributed by atoms with Crippen LogP contribution < -0.4 is 0 Å². The van der Waals surface area contributed by atoms with Crippen molar-refractivity contribution < 1.29 is 4.42 Å². The highest BCUT2D eigenvalue weighted by atomic mass is 16.3. The zero-order valence-corrected chi connectivity index (χ0v) is 27.4. The van der Waals surface area contributed by atoms with Crippen molar-refractivity contribution in [2.24, 2.45) is 0 Å². The summed E-state index contributed by atoms with van der Waals surface area (Å²) >= 11 is 0. The maximum Gasteiger partial charge on any atom is 0.164 e. The topological polar surface area (TPSA) is 64.7 Å². The molecular weight excluding hydrogens is 625 g/mol. The summed E-state index contributed by atoms with van der Waals surface area (Å²) in [6, 6.07) is 58.2. The molecule has 0 saturated heterocycles. The molecule has 10 rings (SSSR count). The standard InChI is InChI=1S/C46H28N4O/c1-3-11-29(12-4-1)31-19-22-32(23-20-31)37-25-26-38(41-42-40(51-43(37)41)28-35-17-9-10-18-39(35)47-42)46-49-44(33-14-5-2-6-15-33)48-45(50-46)36-24-21-30-13-7-8-16-34(30)27-36/h1-28H. The van der Waals surface area contributed by atoms with E-state index in [1.54, 1.807) is 0 Å². The van der Waals surface area contributed by atoms with Crippen molar-refractivity contribution in [2.75, 3.05) is 0 Å². The number of pyridine rings is 1. The summed E-state index contributed by atoms with van der Waals surface area (Å²) in [4.78, 5) is 20.5. The number of para-hydroxylation sites is 1. The van der Waals surface area contributed by atoms with Gasteiger partial charge in [0.15, 0.2) is 23.1 Å². The zero-order chi connectivity index (χ0) is 33.7. The van der Waals surface area contributed by atoms with Crippen molar-refractivity contribution in [3.05, 3.63) is 170 Å². The monoisotopic (exact) mass is 652 g/mol.